The van der Waals surface area contributed by atoms with Gasteiger partial charge >= 0.3 is 12.8 Å². The highest BCUT2D eigenvalue weighted by atomic mass is 19.4. The first-order chi connectivity index (χ1) is 14.1. The number of carbonyl (C=O) groups excluding carboxylic acids is 1. The van der Waals surface area contributed by atoms with Gasteiger partial charge in [-0.15, -0.1) is 0 Å². The van der Waals surface area contributed by atoms with E-state index in [1.54, 1.807) is 19.1 Å². The minimum atomic E-state index is -4.44. The molecule has 10 heteroatoms. The second kappa shape index (κ2) is 8.85. The Bertz CT molecular complexity index is 873. The van der Waals surface area contributed by atoms with Gasteiger partial charge in [-0.1, -0.05) is 12.1 Å². The first-order valence-electron chi connectivity index (χ1n) is 9.13. The Labute approximate surface area is 169 Å². The average molecular weight is 430 g/mol. The Morgan fingerprint density at radius 2 is 2.00 bits per heavy atom. The van der Waals surface area contributed by atoms with Crippen LogP contribution in [0.15, 0.2) is 42.6 Å². The van der Waals surface area contributed by atoms with Crippen molar-refractivity contribution in [3.63, 3.8) is 0 Å². The topological polar surface area (TPSA) is 60.5 Å². The molecule has 1 amide bonds. The molecule has 1 aliphatic rings. The number of amides is 1. The van der Waals surface area contributed by atoms with Crippen LogP contribution in [0.1, 0.15) is 36.6 Å². The number of pyridine rings is 1. The van der Waals surface area contributed by atoms with Crippen LogP contribution < -0.4 is 14.8 Å². The van der Waals surface area contributed by atoms with Crippen LogP contribution in [0, 0.1) is 5.92 Å². The SMILES string of the molecule is CC(NC(=O)[C@@H]1C[C@H]1c1cccc(OC(F)F)c1)c1ccc(OCC(F)(F)F)cn1. The first kappa shape index (κ1) is 21.8. The molecule has 2 aromatic rings. The molecule has 1 saturated carbocycles. The number of rotatable bonds is 8. The van der Waals surface area contributed by atoms with Crippen LogP contribution >= 0.6 is 0 Å². The van der Waals surface area contributed by atoms with Crippen LogP contribution in [0.5, 0.6) is 11.5 Å². The van der Waals surface area contributed by atoms with Gasteiger partial charge in [0.25, 0.3) is 0 Å². The van der Waals surface area contributed by atoms with Crippen molar-refractivity contribution in [2.45, 2.75) is 38.1 Å². The molecule has 1 N–H and O–H groups in total. The number of alkyl halides is 5. The number of nitrogens with zero attached hydrogens (tertiary/aromatic N) is 1. The predicted octanol–water partition coefficient (Wildman–Crippen LogP) is 4.61. The molecular formula is C20H19F5N2O3. The molecule has 0 bridgehead atoms. The van der Waals surface area contributed by atoms with Gasteiger partial charge < -0.3 is 14.8 Å². The summed E-state index contributed by atoms with van der Waals surface area (Å²) in [5.41, 5.74) is 1.21. The maximum atomic E-state index is 12.5. The third-order valence-corrected chi connectivity index (χ3v) is 4.60. The third kappa shape index (κ3) is 6.04. The van der Waals surface area contributed by atoms with Crippen molar-refractivity contribution in [2.24, 2.45) is 5.92 Å². The zero-order valence-corrected chi connectivity index (χ0v) is 15.8. The summed E-state index contributed by atoms with van der Waals surface area (Å²) in [7, 11) is 0. The molecule has 0 saturated heterocycles. The number of hydrogen-bond donors (Lipinski definition) is 1. The Morgan fingerprint density at radius 1 is 1.23 bits per heavy atom. The van der Waals surface area contributed by atoms with Gasteiger partial charge in [0.05, 0.1) is 17.9 Å². The molecule has 30 heavy (non-hydrogen) atoms. The van der Waals surface area contributed by atoms with Crippen molar-refractivity contribution in [1.29, 1.82) is 0 Å². The highest BCUT2D eigenvalue weighted by Gasteiger charge is 2.44. The number of halogens is 5. The Hall–Kier alpha value is -2.91. The largest absolute Gasteiger partial charge is 0.483 e. The molecule has 1 aliphatic carbocycles. The van der Waals surface area contributed by atoms with E-state index in [4.69, 9.17) is 0 Å². The highest BCUT2D eigenvalue weighted by molar-refractivity contribution is 5.83. The first-order valence-corrected chi connectivity index (χ1v) is 9.13. The number of nitrogens with one attached hydrogen (secondary N) is 1. The molecule has 162 valence electrons. The van der Waals surface area contributed by atoms with Gasteiger partial charge in [-0.05, 0) is 49.1 Å². The summed E-state index contributed by atoms with van der Waals surface area (Å²) in [6.45, 7) is -2.63. The van der Waals surface area contributed by atoms with Crippen molar-refractivity contribution in [1.82, 2.24) is 10.3 Å². The van der Waals surface area contributed by atoms with E-state index in [1.165, 1.54) is 24.3 Å². The lowest BCUT2D eigenvalue weighted by Crippen LogP contribution is -2.29. The average Bonchev–Trinajstić information content (AvgIpc) is 3.47. The molecule has 1 unspecified atom stereocenters. The maximum absolute atomic E-state index is 12.5. The third-order valence-electron chi connectivity index (χ3n) is 4.60. The van der Waals surface area contributed by atoms with E-state index in [0.29, 0.717) is 12.1 Å². The molecule has 0 radical (unpaired) electrons. The summed E-state index contributed by atoms with van der Waals surface area (Å²) < 4.78 is 70.2. The summed E-state index contributed by atoms with van der Waals surface area (Å²) in [6.07, 6.45) is -2.70. The van der Waals surface area contributed by atoms with Crippen LogP contribution in [0.4, 0.5) is 22.0 Å². The molecule has 0 aliphatic heterocycles. The van der Waals surface area contributed by atoms with Crippen LogP contribution in [0.2, 0.25) is 0 Å². The Morgan fingerprint density at radius 3 is 2.63 bits per heavy atom. The fraction of sp³-hybridized carbons (Fsp3) is 0.400. The van der Waals surface area contributed by atoms with E-state index in [1.807, 2.05) is 0 Å². The van der Waals surface area contributed by atoms with Gasteiger partial charge in [0.1, 0.15) is 11.5 Å². The molecule has 3 atom stereocenters. The van der Waals surface area contributed by atoms with Gasteiger partial charge in [-0.25, -0.2) is 0 Å². The van der Waals surface area contributed by atoms with Gasteiger partial charge in [0, 0.05) is 5.92 Å². The zero-order valence-electron chi connectivity index (χ0n) is 15.8. The van der Waals surface area contributed by atoms with E-state index in [0.717, 1.165) is 11.8 Å². The molecule has 1 heterocycles. The van der Waals surface area contributed by atoms with Gasteiger partial charge in [-0.3, -0.25) is 9.78 Å². The van der Waals surface area contributed by atoms with E-state index >= 15 is 0 Å². The quantitative estimate of drug-likeness (QED) is 0.622. The lowest BCUT2D eigenvalue weighted by Gasteiger charge is -2.14. The monoisotopic (exact) mass is 430 g/mol. The maximum Gasteiger partial charge on any atom is 0.422 e. The summed E-state index contributed by atoms with van der Waals surface area (Å²) in [5, 5.41) is 2.81. The second-order valence-corrected chi connectivity index (χ2v) is 6.95. The van der Waals surface area contributed by atoms with Crippen molar-refractivity contribution in [2.75, 3.05) is 6.61 Å². The Balaban J connectivity index is 1.53. The number of ether oxygens (including phenoxy) is 2. The summed E-state index contributed by atoms with van der Waals surface area (Å²) in [4.78, 5) is 16.5. The van der Waals surface area contributed by atoms with E-state index in [9.17, 15) is 26.7 Å². The second-order valence-electron chi connectivity index (χ2n) is 6.95. The van der Waals surface area contributed by atoms with Crippen molar-refractivity contribution in [3.8, 4) is 11.5 Å². The molecule has 1 aromatic carbocycles. The van der Waals surface area contributed by atoms with E-state index in [2.05, 4.69) is 19.8 Å². The zero-order chi connectivity index (χ0) is 21.9. The normalized spacial score (nSPS) is 19.3. The van der Waals surface area contributed by atoms with Gasteiger partial charge in [0.15, 0.2) is 6.61 Å². The number of carbonyl (C=O) groups is 1. The smallest absolute Gasteiger partial charge is 0.422 e. The fourth-order valence-electron chi connectivity index (χ4n) is 3.07. The molecule has 1 aromatic heterocycles. The summed E-state index contributed by atoms with van der Waals surface area (Å²) in [5.74, 6) is -0.596. The van der Waals surface area contributed by atoms with Gasteiger partial charge in [-0.2, -0.15) is 22.0 Å². The Kier molecular flexibility index (Phi) is 6.42. The van der Waals surface area contributed by atoms with Crippen molar-refractivity contribution in [3.05, 3.63) is 53.9 Å². The summed E-state index contributed by atoms with van der Waals surface area (Å²) >= 11 is 0. The highest BCUT2D eigenvalue weighted by Crippen LogP contribution is 2.48. The van der Waals surface area contributed by atoms with Crippen molar-refractivity contribution >= 4 is 5.91 Å². The standard InChI is InChI=1S/C20H19F5N2O3/c1-11(17-6-5-14(9-26-17)29-10-20(23,24)25)27-18(28)16-8-15(16)12-3-2-4-13(7-12)30-19(21)22/h2-7,9,11,15-16,19H,8,10H2,1H3,(H,27,28)/t11?,15-,16+/m0/s1. The molecule has 0 spiro atoms. The number of aromatic nitrogens is 1. The van der Waals surface area contributed by atoms with Crippen LogP contribution in [0.3, 0.4) is 0 Å². The van der Waals surface area contributed by atoms with Crippen LogP contribution in [-0.4, -0.2) is 30.3 Å². The summed E-state index contributed by atoms with van der Waals surface area (Å²) in [6, 6.07) is 8.62. The molecule has 3 rings (SSSR count). The molecule has 1 fully saturated rings. The minimum Gasteiger partial charge on any atom is -0.483 e. The van der Waals surface area contributed by atoms with E-state index in [-0.39, 0.29) is 29.2 Å². The predicted molar refractivity (Wildman–Crippen MR) is 96.3 cm³/mol. The minimum absolute atomic E-state index is 0.0252. The number of hydrogen-bond acceptors (Lipinski definition) is 4. The lowest BCUT2D eigenvalue weighted by molar-refractivity contribution is -0.153. The van der Waals surface area contributed by atoms with Crippen LogP contribution in [-0.2, 0) is 4.79 Å². The molecule has 5 nitrogen and oxygen atoms in total. The van der Waals surface area contributed by atoms with Crippen LogP contribution in [0.25, 0.3) is 0 Å². The number of benzene rings is 1. The van der Waals surface area contributed by atoms with Crippen molar-refractivity contribution < 1.29 is 36.2 Å². The van der Waals surface area contributed by atoms with Gasteiger partial charge in [0.2, 0.25) is 5.91 Å². The fourth-order valence-corrected chi connectivity index (χ4v) is 3.07. The lowest BCUT2D eigenvalue weighted by atomic mass is 10.1. The molecular weight excluding hydrogens is 411 g/mol. The van der Waals surface area contributed by atoms with E-state index < -0.39 is 25.4 Å².